The first kappa shape index (κ1) is 18.1. The first-order valence-corrected chi connectivity index (χ1v) is 7.69. The number of amides is 1. The molecule has 0 saturated carbocycles. The Morgan fingerprint density at radius 1 is 1.16 bits per heavy atom. The highest BCUT2D eigenvalue weighted by Gasteiger charge is 2.15. The molecule has 130 valence electrons. The van der Waals surface area contributed by atoms with E-state index in [1.807, 2.05) is 6.07 Å². The Morgan fingerprint density at radius 2 is 1.88 bits per heavy atom. The molecule has 25 heavy (non-hydrogen) atoms. The van der Waals surface area contributed by atoms with Crippen LogP contribution in [0, 0.1) is 0 Å². The van der Waals surface area contributed by atoms with Crippen LogP contribution in [-0.2, 0) is 14.3 Å². The molecule has 0 bridgehead atoms. The summed E-state index contributed by atoms with van der Waals surface area (Å²) in [6.45, 7) is 1.70. The quantitative estimate of drug-likeness (QED) is 0.457. The predicted molar refractivity (Wildman–Crippen MR) is 93.7 cm³/mol. The zero-order chi connectivity index (χ0) is 18.2. The molecular formula is C19H19NO5. The minimum absolute atomic E-state index is 0.0107. The molecule has 6 nitrogen and oxygen atoms in total. The summed E-state index contributed by atoms with van der Waals surface area (Å²) in [5.74, 6) is -1.08. The SMILES string of the molecule is CCOc1cc(/C=C(/C(=O)OCC(N)=O)c2ccccc2)ccc1O. The van der Waals surface area contributed by atoms with Gasteiger partial charge in [-0.2, -0.15) is 0 Å². The minimum atomic E-state index is -0.732. The monoisotopic (exact) mass is 341 g/mol. The maximum atomic E-state index is 12.4. The van der Waals surface area contributed by atoms with E-state index in [0.717, 1.165) is 0 Å². The van der Waals surface area contributed by atoms with Crippen LogP contribution in [0.5, 0.6) is 11.5 Å². The van der Waals surface area contributed by atoms with Crippen molar-refractivity contribution in [2.24, 2.45) is 5.73 Å². The number of aromatic hydroxyl groups is 1. The standard InChI is InChI=1S/C19H19NO5/c1-2-24-17-11-13(8-9-16(17)21)10-15(14-6-4-3-5-7-14)19(23)25-12-18(20)22/h3-11,21H,2,12H2,1H3,(H2,20,22)/b15-10+. The molecule has 0 unspecified atom stereocenters. The zero-order valence-corrected chi connectivity index (χ0v) is 13.8. The number of hydrogen-bond donors (Lipinski definition) is 2. The number of ether oxygens (including phenoxy) is 2. The first-order chi connectivity index (χ1) is 12.0. The van der Waals surface area contributed by atoms with E-state index in [0.29, 0.717) is 23.5 Å². The second-order valence-corrected chi connectivity index (χ2v) is 5.13. The van der Waals surface area contributed by atoms with Gasteiger partial charge in [-0.25, -0.2) is 4.79 Å². The fraction of sp³-hybridized carbons (Fsp3) is 0.158. The number of primary amides is 1. The number of carbonyl (C=O) groups is 2. The lowest BCUT2D eigenvalue weighted by atomic mass is 10.0. The second-order valence-electron chi connectivity index (χ2n) is 5.13. The molecule has 0 aromatic heterocycles. The number of rotatable bonds is 7. The van der Waals surface area contributed by atoms with Gasteiger partial charge in [-0.15, -0.1) is 0 Å². The van der Waals surface area contributed by atoms with Crippen molar-refractivity contribution in [3.8, 4) is 11.5 Å². The molecule has 0 aliphatic carbocycles. The Bertz CT molecular complexity index is 784. The van der Waals surface area contributed by atoms with Gasteiger partial charge in [-0.05, 0) is 36.3 Å². The Labute approximate surface area is 145 Å². The van der Waals surface area contributed by atoms with Gasteiger partial charge in [0.05, 0.1) is 12.2 Å². The van der Waals surface area contributed by atoms with Crippen LogP contribution in [0.2, 0.25) is 0 Å². The summed E-state index contributed by atoms with van der Waals surface area (Å²) in [6.07, 6.45) is 1.60. The normalized spacial score (nSPS) is 11.0. The van der Waals surface area contributed by atoms with Gasteiger partial charge in [0.15, 0.2) is 18.1 Å². The van der Waals surface area contributed by atoms with Gasteiger partial charge in [-0.1, -0.05) is 36.4 Å². The highest BCUT2D eigenvalue weighted by molar-refractivity contribution is 6.21. The van der Waals surface area contributed by atoms with E-state index in [9.17, 15) is 14.7 Å². The van der Waals surface area contributed by atoms with E-state index in [2.05, 4.69) is 0 Å². The van der Waals surface area contributed by atoms with Gasteiger partial charge in [0.1, 0.15) is 0 Å². The minimum Gasteiger partial charge on any atom is -0.504 e. The van der Waals surface area contributed by atoms with Crippen molar-refractivity contribution in [1.82, 2.24) is 0 Å². The number of nitrogens with two attached hydrogens (primary N) is 1. The fourth-order valence-corrected chi connectivity index (χ4v) is 2.15. The Morgan fingerprint density at radius 3 is 2.52 bits per heavy atom. The molecule has 0 aliphatic rings. The highest BCUT2D eigenvalue weighted by atomic mass is 16.5. The van der Waals surface area contributed by atoms with Crippen LogP contribution in [0.1, 0.15) is 18.1 Å². The van der Waals surface area contributed by atoms with Crippen LogP contribution in [0.3, 0.4) is 0 Å². The summed E-state index contributed by atoms with van der Waals surface area (Å²) in [6, 6.07) is 13.6. The van der Waals surface area contributed by atoms with Gasteiger partial charge in [0, 0.05) is 0 Å². The molecule has 3 N–H and O–H groups in total. The van der Waals surface area contributed by atoms with Crippen molar-refractivity contribution in [3.63, 3.8) is 0 Å². The summed E-state index contributed by atoms with van der Waals surface area (Å²) in [7, 11) is 0. The van der Waals surface area contributed by atoms with Crippen molar-refractivity contribution >= 4 is 23.5 Å². The number of esters is 1. The molecular weight excluding hydrogens is 322 g/mol. The van der Waals surface area contributed by atoms with Gasteiger partial charge >= 0.3 is 5.97 Å². The van der Waals surface area contributed by atoms with E-state index >= 15 is 0 Å². The number of phenolic OH excluding ortho intramolecular Hbond substituents is 1. The molecule has 0 spiro atoms. The third kappa shape index (κ3) is 5.10. The second kappa shape index (κ2) is 8.54. The number of phenols is 1. The average Bonchev–Trinajstić information content (AvgIpc) is 2.61. The topological polar surface area (TPSA) is 98.9 Å². The molecule has 2 aromatic carbocycles. The lowest BCUT2D eigenvalue weighted by molar-refractivity contribution is -0.141. The maximum Gasteiger partial charge on any atom is 0.339 e. The summed E-state index contributed by atoms with van der Waals surface area (Å²) in [5.41, 5.74) is 6.54. The van der Waals surface area contributed by atoms with E-state index in [-0.39, 0.29) is 11.3 Å². The van der Waals surface area contributed by atoms with E-state index in [1.165, 1.54) is 6.07 Å². The van der Waals surface area contributed by atoms with Gasteiger partial charge in [-0.3, -0.25) is 4.79 Å². The van der Waals surface area contributed by atoms with Gasteiger partial charge in [0.2, 0.25) is 0 Å². The van der Waals surface area contributed by atoms with E-state index < -0.39 is 18.5 Å². The molecule has 6 heteroatoms. The number of hydrogen-bond acceptors (Lipinski definition) is 5. The van der Waals surface area contributed by atoms with E-state index in [1.54, 1.807) is 49.4 Å². The molecule has 0 atom stereocenters. The zero-order valence-electron chi connectivity index (χ0n) is 13.8. The lowest BCUT2D eigenvalue weighted by Crippen LogP contribution is -2.21. The van der Waals surface area contributed by atoms with Crippen molar-refractivity contribution in [2.45, 2.75) is 6.92 Å². The number of carbonyl (C=O) groups excluding carboxylic acids is 2. The Kier molecular flexibility index (Phi) is 6.17. The van der Waals surface area contributed by atoms with E-state index in [4.69, 9.17) is 15.2 Å². The third-order valence-electron chi connectivity index (χ3n) is 3.24. The van der Waals surface area contributed by atoms with Crippen molar-refractivity contribution in [1.29, 1.82) is 0 Å². The van der Waals surface area contributed by atoms with Crippen LogP contribution in [0.15, 0.2) is 48.5 Å². The van der Waals surface area contributed by atoms with Crippen LogP contribution in [0.25, 0.3) is 11.6 Å². The van der Waals surface area contributed by atoms with Crippen molar-refractivity contribution in [2.75, 3.05) is 13.2 Å². The summed E-state index contributed by atoms with van der Waals surface area (Å²) in [4.78, 5) is 23.2. The molecule has 0 fully saturated rings. The lowest BCUT2D eigenvalue weighted by Gasteiger charge is -2.10. The average molecular weight is 341 g/mol. The van der Waals surface area contributed by atoms with Crippen LogP contribution < -0.4 is 10.5 Å². The van der Waals surface area contributed by atoms with Crippen molar-refractivity contribution in [3.05, 3.63) is 59.7 Å². The van der Waals surface area contributed by atoms with Crippen LogP contribution >= 0.6 is 0 Å². The molecule has 0 saturated heterocycles. The predicted octanol–water partition coefficient (Wildman–Crippen LogP) is 2.36. The van der Waals surface area contributed by atoms with Crippen LogP contribution in [-0.4, -0.2) is 30.2 Å². The summed E-state index contributed by atoms with van der Waals surface area (Å²) >= 11 is 0. The molecule has 0 heterocycles. The number of benzene rings is 2. The third-order valence-corrected chi connectivity index (χ3v) is 3.24. The summed E-state index contributed by atoms with van der Waals surface area (Å²) in [5, 5.41) is 9.78. The fourth-order valence-electron chi connectivity index (χ4n) is 2.15. The smallest absolute Gasteiger partial charge is 0.339 e. The van der Waals surface area contributed by atoms with Gasteiger partial charge in [0.25, 0.3) is 5.91 Å². The first-order valence-electron chi connectivity index (χ1n) is 7.69. The maximum absolute atomic E-state index is 12.4. The van der Waals surface area contributed by atoms with Gasteiger partial charge < -0.3 is 20.3 Å². The molecule has 1 amide bonds. The molecule has 2 aromatic rings. The van der Waals surface area contributed by atoms with Crippen LogP contribution in [0.4, 0.5) is 0 Å². The largest absolute Gasteiger partial charge is 0.504 e. The Balaban J connectivity index is 2.41. The molecule has 0 radical (unpaired) electrons. The molecule has 0 aliphatic heterocycles. The summed E-state index contributed by atoms with van der Waals surface area (Å²) < 4.78 is 10.3. The Hall–Kier alpha value is -3.28. The van der Waals surface area contributed by atoms with Crippen molar-refractivity contribution < 1.29 is 24.2 Å². The molecule has 2 rings (SSSR count). The highest BCUT2D eigenvalue weighted by Crippen LogP contribution is 2.29.